The van der Waals surface area contributed by atoms with Gasteiger partial charge in [-0.2, -0.15) is 0 Å². The molecular weight excluding hydrogens is 737 g/mol. The molecule has 3 aliphatic rings. The summed E-state index contributed by atoms with van der Waals surface area (Å²) in [4.78, 5) is 20.0. The quantitative estimate of drug-likeness (QED) is 0.103. The van der Waals surface area contributed by atoms with Gasteiger partial charge in [0.15, 0.2) is 0 Å². The normalized spacial score (nSPS) is 23.2. The summed E-state index contributed by atoms with van der Waals surface area (Å²) in [5, 5.41) is 14.7. The zero-order valence-electron chi connectivity index (χ0n) is 33.9. The van der Waals surface area contributed by atoms with Gasteiger partial charge in [0.05, 0.1) is 13.2 Å². The molecule has 0 radical (unpaired) electrons. The van der Waals surface area contributed by atoms with Gasteiger partial charge in [0.1, 0.15) is 22.9 Å². The number of nitrogens with one attached hydrogen (secondary N) is 1. The monoisotopic (exact) mass is 795 g/mol. The highest BCUT2D eigenvalue weighted by atomic mass is 35.5. The van der Waals surface area contributed by atoms with Gasteiger partial charge in [-0.05, 0) is 173 Å². The topological polar surface area (TPSA) is 83.9 Å². The Labute approximate surface area is 343 Å². The van der Waals surface area contributed by atoms with E-state index in [9.17, 15) is 14.3 Å². The zero-order chi connectivity index (χ0) is 40.0. The molecule has 7 rings (SSSR count). The number of benzene rings is 3. The number of anilines is 1. The van der Waals surface area contributed by atoms with Crippen molar-refractivity contribution in [2.24, 2.45) is 11.8 Å². The van der Waals surface area contributed by atoms with Gasteiger partial charge < -0.3 is 24.8 Å². The van der Waals surface area contributed by atoms with Crippen LogP contribution in [0.5, 0.6) is 11.5 Å². The van der Waals surface area contributed by atoms with Gasteiger partial charge in [0.25, 0.3) is 0 Å². The van der Waals surface area contributed by atoms with Crippen LogP contribution < -0.4 is 14.8 Å². The Bertz CT molecular complexity index is 2000. The maximum Gasteiger partial charge on any atom is 0.329 e. The Morgan fingerprint density at radius 3 is 2.65 bits per heavy atom. The number of likely N-dealkylation sites (N-methyl/N-ethyl adjacent to an activating group) is 1. The number of ether oxygens (including phenoxy) is 2. The molecule has 2 N–H and O–H groups in total. The van der Waals surface area contributed by atoms with E-state index in [1.54, 1.807) is 18.2 Å². The summed E-state index contributed by atoms with van der Waals surface area (Å²) in [6.07, 6.45) is 12.3. The Balaban J connectivity index is 1.03. The second-order valence-electron chi connectivity index (χ2n) is 17.2. The van der Waals surface area contributed by atoms with Crippen molar-refractivity contribution in [2.75, 3.05) is 38.7 Å². The van der Waals surface area contributed by atoms with Crippen LogP contribution in [0.2, 0.25) is 5.02 Å². The minimum atomic E-state index is -1.08. The van der Waals surface area contributed by atoms with Crippen LogP contribution in [0.3, 0.4) is 0 Å². The standard InChI is InChI=1S/C48H59ClFN3O4/c1-33(32-57-44-18-24-51-43-15-8-10-34(2)45(43)44)28-37-29-36-16-17-40(56-27-7-6-25-53(3)26-19-35-11-4-5-14-42(35)50)31-41(36)47(37)20-22-48(23-21-47,46(54)55)52-39-13-9-12-38(49)30-39/h4-5,9,11-14,16-18,24,30-31,33-34,37,52H,6-8,10,15,19-23,25-29,32H2,1-3H3,(H,54,55)/t33-,34-,37+,47?,48?/m1/s1. The number of hydrogen-bond acceptors (Lipinski definition) is 6. The molecule has 3 aromatic carbocycles. The lowest BCUT2D eigenvalue weighted by atomic mass is 9.59. The van der Waals surface area contributed by atoms with E-state index < -0.39 is 11.5 Å². The third kappa shape index (κ3) is 9.44. The molecule has 1 spiro atoms. The fraction of sp³-hybridized carbons (Fsp3) is 0.500. The van der Waals surface area contributed by atoms with E-state index in [2.05, 4.69) is 54.3 Å². The zero-order valence-corrected chi connectivity index (χ0v) is 34.6. The lowest BCUT2D eigenvalue weighted by Gasteiger charge is -2.47. The molecule has 0 amide bonds. The minimum absolute atomic E-state index is 0.137. The number of aromatic nitrogens is 1. The number of pyridine rings is 1. The van der Waals surface area contributed by atoms with Crippen LogP contribution in [-0.2, 0) is 29.5 Å². The number of unbranched alkanes of at least 4 members (excludes halogenated alkanes) is 1. The van der Waals surface area contributed by atoms with Gasteiger partial charge in [-0.15, -0.1) is 0 Å². The fourth-order valence-electron chi connectivity index (χ4n) is 9.96. The fourth-order valence-corrected chi connectivity index (χ4v) is 10.2. The summed E-state index contributed by atoms with van der Waals surface area (Å²) in [5.74, 6) is 2.01. The highest BCUT2D eigenvalue weighted by Crippen LogP contribution is 2.57. The van der Waals surface area contributed by atoms with Crippen LogP contribution in [0.25, 0.3) is 0 Å². The minimum Gasteiger partial charge on any atom is -0.494 e. The van der Waals surface area contributed by atoms with E-state index in [-0.39, 0.29) is 11.2 Å². The van der Waals surface area contributed by atoms with E-state index in [0.29, 0.717) is 55.3 Å². The molecule has 7 nitrogen and oxygen atoms in total. The van der Waals surface area contributed by atoms with Crippen LogP contribution in [0.1, 0.15) is 106 Å². The molecule has 4 aromatic rings. The Morgan fingerprint density at radius 2 is 1.86 bits per heavy atom. The lowest BCUT2D eigenvalue weighted by molar-refractivity contribution is -0.144. The maximum atomic E-state index is 14.1. The second kappa shape index (κ2) is 18.2. The van der Waals surface area contributed by atoms with Gasteiger partial charge >= 0.3 is 5.97 Å². The van der Waals surface area contributed by atoms with Crippen molar-refractivity contribution < 1.29 is 23.8 Å². The first-order valence-corrected chi connectivity index (χ1v) is 21.5. The third-order valence-electron chi connectivity index (χ3n) is 13.2. The molecule has 1 saturated carbocycles. The van der Waals surface area contributed by atoms with Crippen molar-refractivity contribution >= 4 is 23.3 Å². The molecule has 0 bridgehead atoms. The number of nitrogens with zero attached hydrogens (tertiary/aromatic N) is 2. The molecule has 1 fully saturated rings. The summed E-state index contributed by atoms with van der Waals surface area (Å²) >= 11 is 6.31. The number of aliphatic carboxylic acids is 1. The van der Waals surface area contributed by atoms with Crippen LogP contribution >= 0.6 is 11.6 Å². The molecule has 304 valence electrons. The van der Waals surface area contributed by atoms with E-state index in [1.165, 1.54) is 41.3 Å². The Morgan fingerprint density at radius 1 is 1.04 bits per heavy atom. The molecule has 3 aliphatic carbocycles. The Hall–Kier alpha value is -4.14. The van der Waals surface area contributed by atoms with Gasteiger partial charge in [-0.1, -0.05) is 55.8 Å². The number of aryl methyl sites for hydroxylation is 1. The summed E-state index contributed by atoms with van der Waals surface area (Å²) in [6, 6.07) is 23.0. The van der Waals surface area contributed by atoms with Crippen LogP contribution in [-0.4, -0.2) is 59.8 Å². The number of hydrogen-bond donors (Lipinski definition) is 2. The second-order valence-corrected chi connectivity index (χ2v) is 17.7. The molecule has 1 aromatic heterocycles. The number of fused-ring (bicyclic) bond motifs is 3. The van der Waals surface area contributed by atoms with Gasteiger partial charge in [-0.3, -0.25) is 4.98 Å². The van der Waals surface area contributed by atoms with Crippen molar-refractivity contribution in [1.29, 1.82) is 0 Å². The molecule has 0 saturated heterocycles. The summed E-state index contributed by atoms with van der Waals surface area (Å²) < 4.78 is 27.1. The first kappa shape index (κ1) is 41.0. The van der Waals surface area contributed by atoms with E-state index in [0.717, 1.165) is 80.8 Å². The number of carboxylic acid groups (broad SMARTS) is 1. The molecule has 0 unspecified atom stereocenters. The van der Waals surface area contributed by atoms with Crippen molar-refractivity contribution in [3.05, 3.63) is 118 Å². The molecule has 9 heteroatoms. The number of halogens is 2. The van der Waals surface area contributed by atoms with Gasteiger partial charge in [-0.25, -0.2) is 9.18 Å². The first-order chi connectivity index (χ1) is 27.5. The van der Waals surface area contributed by atoms with E-state index in [1.807, 2.05) is 36.5 Å². The predicted octanol–water partition coefficient (Wildman–Crippen LogP) is 10.7. The molecule has 3 atom stereocenters. The van der Waals surface area contributed by atoms with Crippen molar-refractivity contribution in [3.63, 3.8) is 0 Å². The van der Waals surface area contributed by atoms with Crippen molar-refractivity contribution in [3.8, 4) is 11.5 Å². The Kier molecular flexibility index (Phi) is 13.1. The highest BCUT2D eigenvalue weighted by molar-refractivity contribution is 6.30. The highest BCUT2D eigenvalue weighted by Gasteiger charge is 2.54. The van der Waals surface area contributed by atoms with E-state index >= 15 is 0 Å². The average Bonchev–Trinajstić information content (AvgIpc) is 3.48. The van der Waals surface area contributed by atoms with E-state index in [4.69, 9.17) is 21.1 Å². The van der Waals surface area contributed by atoms with Crippen LogP contribution in [0, 0.1) is 17.7 Å². The molecule has 0 aliphatic heterocycles. The van der Waals surface area contributed by atoms with Crippen molar-refractivity contribution in [2.45, 2.75) is 108 Å². The average molecular weight is 796 g/mol. The number of carbonyl (C=O) groups is 1. The van der Waals surface area contributed by atoms with Gasteiger partial charge in [0, 0.05) is 34.7 Å². The van der Waals surface area contributed by atoms with Crippen LogP contribution in [0.4, 0.5) is 10.1 Å². The van der Waals surface area contributed by atoms with Crippen molar-refractivity contribution in [1.82, 2.24) is 9.88 Å². The molecular formula is C48H59ClFN3O4. The molecule has 57 heavy (non-hydrogen) atoms. The third-order valence-corrected chi connectivity index (χ3v) is 13.4. The maximum absolute atomic E-state index is 14.1. The lowest BCUT2D eigenvalue weighted by Crippen LogP contribution is -2.53. The largest absolute Gasteiger partial charge is 0.494 e. The number of carboxylic acids is 1. The predicted molar refractivity (Wildman–Crippen MR) is 226 cm³/mol. The smallest absolute Gasteiger partial charge is 0.329 e. The SMILES string of the molecule is C[C@@H](COc1ccnc2c1[C@H](C)CCC2)C[C@H]1Cc2ccc(OCCCCN(C)CCc3ccccc3F)cc2C12CCC(Nc1cccc(Cl)c1)(C(=O)O)CC2. The number of rotatable bonds is 17. The summed E-state index contributed by atoms with van der Waals surface area (Å²) in [5.41, 5.74) is 5.38. The van der Waals surface area contributed by atoms with Crippen LogP contribution in [0.15, 0.2) is 79.0 Å². The summed E-state index contributed by atoms with van der Waals surface area (Å²) in [7, 11) is 2.09. The van der Waals surface area contributed by atoms with Gasteiger partial charge in [0.2, 0.25) is 0 Å². The molecule has 1 heterocycles. The first-order valence-electron chi connectivity index (χ1n) is 21.1. The summed E-state index contributed by atoms with van der Waals surface area (Å²) in [6.45, 7) is 7.56.